The lowest BCUT2D eigenvalue weighted by molar-refractivity contribution is 0.918. The maximum atomic E-state index is 4.56. The largest absolute Gasteiger partial charge is 0.338 e. The summed E-state index contributed by atoms with van der Waals surface area (Å²) in [5.41, 5.74) is 5.01. The van der Waals surface area contributed by atoms with Gasteiger partial charge in [-0.3, -0.25) is 0 Å². The maximum absolute atomic E-state index is 4.56. The Hall–Kier alpha value is -3.53. The Morgan fingerprint density at radius 2 is 1.31 bits per heavy atom. The Balaban J connectivity index is 1.71. The highest BCUT2D eigenvalue weighted by Gasteiger charge is 2.11. The zero-order valence-electron chi connectivity index (χ0n) is 14.4. The van der Waals surface area contributed by atoms with Crippen LogP contribution < -0.4 is 5.32 Å². The zero-order chi connectivity index (χ0) is 17.8. The van der Waals surface area contributed by atoms with E-state index in [4.69, 9.17) is 0 Å². The third-order valence-electron chi connectivity index (χ3n) is 4.07. The normalized spacial score (nSPS) is 10.5. The molecule has 4 nitrogen and oxygen atoms in total. The first kappa shape index (κ1) is 16.0. The van der Waals surface area contributed by atoms with Crippen LogP contribution in [0.25, 0.3) is 22.4 Å². The van der Waals surface area contributed by atoms with Crippen molar-refractivity contribution in [1.82, 2.24) is 15.2 Å². The molecule has 4 aromatic rings. The molecular formula is C22H18N4. The van der Waals surface area contributed by atoms with Crippen LogP contribution in [0.2, 0.25) is 0 Å². The Morgan fingerprint density at radius 1 is 0.654 bits per heavy atom. The van der Waals surface area contributed by atoms with Gasteiger partial charge in [-0.2, -0.15) is 0 Å². The molecule has 0 saturated carbocycles. The fraction of sp³-hybridized carbons (Fsp3) is 0.0455. The Kier molecular flexibility index (Phi) is 4.39. The number of nitrogens with zero attached hydrogens (tertiary/aromatic N) is 3. The van der Waals surface area contributed by atoms with Gasteiger partial charge in [0.1, 0.15) is 11.5 Å². The molecule has 0 aliphatic rings. The highest BCUT2D eigenvalue weighted by molar-refractivity contribution is 5.76. The van der Waals surface area contributed by atoms with Gasteiger partial charge in [-0.25, -0.2) is 4.98 Å². The van der Waals surface area contributed by atoms with E-state index in [9.17, 15) is 0 Å². The van der Waals surface area contributed by atoms with Crippen LogP contribution in [0.15, 0.2) is 84.9 Å². The van der Waals surface area contributed by atoms with E-state index in [1.165, 1.54) is 5.56 Å². The Bertz CT molecular complexity index is 1010. The summed E-state index contributed by atoms with van der Waals surface area (Å²) in [7, 11) is 0. The van der Waals surface area contributed by atoms with Crippen molar-refractivity contribution in [2.75, 3.05) is 5.32 Å². The highest BCUT2D eigenvalue weighted by Crippen LogP contribution is 2.28. The van der Waals surface area contributed by atoms with E-state index >= 15 is 0 Å². The quantitative estimate of drug-likeness (QED) is 0.551. The molecular weight excluding hydrogens is 320 g/mol. The van der Waals surface area contributed by atoms with Crippen LogP contribution in [0.1, 0.15) is 5.82 Å². The van der Waals surface area contributed by atoms with Gasteiger partial charge in [0, 0.05) is 11.3 Å². The second-order valence-corrected chi connectivity index (χ2v) is 5.99. The first-order valence-corrected chi connectivity index (χ1v) is 8.49. The van der Waals surface area contributed by atoms with Crippen LogP contribution in [0, 0.1) is 6.92 Å². The van der Waals surface area contributed by atoms with Crippen molar-refractivity contribution in [1.29, 1.82) is 0 Å². The fourth-order valence-corrected chi connectivity index (χ4v) is 2.83. The smallest absolute Gasteiger partial charge is 0.161 e. The average molecular weight is 338 g/mol. The zero-order valence-corrected chi connectivity index (χ0v) is 14.4. The van der Waals surface area contributed by atoms with E-state index in [-0.39, 0.29) is 0 Å². The fourth-order valence-electron chi connectivity index (χ4n) is 2.83. The summed E-state index contributed by atoms with van der Waals surface area (Å²) >= 11 is 0. The van der Waals surface area contributed by atoms with Gasteiger partial charge in [0.05, 0.1) is 0 Å². The molecule has 0 aliphatic carbocycles. The molecule has 4 heteroatoms. The van der Waals surface area contributed by atoms with Gasteiger partial charge in [0.15, 0.2) is 5.82 Å². The number of hydrogen-bond acceptors (Lipinski definition) is 4. The Labute approximate surface area is 152 Å². The molecule has 0 fully saturated rings. The number of aryl methyl sites for hydroxylation is 1. The molecule has 0 saturated heterocycles. The van der Waals surface area contributed by atoms with E-state index in [0.717, 1.165) is 22.5 Å². The molecule has 3 aromatic carbocycles. The van der Waals surface area contributed by atoms with E-state index in [2.05, 4.69) is 44.8 Å². The highest BCUT2D eigenvalue weighted by atomic mass is 15.2. The van der Waals surface area contributed by atoms with Gasteiger partial charge in [-0.15, -0.1) is 10.2 Å². The van der Waals surface area contributed by atoms with Crippen LogP contribution in [-0.4, -0.2) is 15.2 Å². The number of rotatable bonds is 4. The van der Waals surface area contributed by atoms with Gasteiger partial charge in [-0.05, 0) is 30.2 Å². The molecule has 1 N–H and O–H groups in total. The van der Waals surface area contributed by atoms with Crippen molar-refractivity contribution in [3.8, 4) is 22.4 Å². The summed E-state index contributed by atoms with van der Waals surface area (Å²) < 4.78 is 0. The Morgan fingerprint density at radius 3 is 2.04 bits per heavy atom. The molecule has 0 radical (unpaired) electrons. The van der Waals surface area contributed by atoms with Crippen LogP contribution >= 0.6 is 0 Å². The summed E-state index contributed by atoms with van der Waals surface area (Å²) in [6.07, 6.45) is 0. The summed E-state index contributed by atoms with van der Waals surface area (Å²) in [6, 6.07) is 28.5. The molecule has 1 aromatic heterocycles. The molecule has 1 heterocycles. The van der Waals surface area contributed by atoms with E-state index < -0.39 is 0 Å². The van der Waals surface area contributed by atoms with Crippen LogP contribution in [0.4, 0.5) is 11.5 Å². The van der Waals surface area contributed by atoms with E-state index in [1.54, 1.807) is 0 Å². The SMILES string of the molecule is Cc1nnc(-c2ccccc2)c(Nc2cccc(-c3ccccc3)c2)n1. The molecule has 0 amide bonds. The van der Waals surface area contributed by atoms with Crippen LogP contribution in [0.5, 0.6) is 0 Å². The van der Waals surface area contributed by atoms with Gasteiger partial charge in [0.2, 0.25) is 0 Å². The van der Waals surface area contributed by atoms with Crippen molar-refractivity contribution in [2.24, 2.45) is 0 Å². The lowest BCUT2D eigenvalue weighted by Crippen LogP contribution is -2.03. The summed E-state index contributed by atoms with van der Waals surface area (Å²) in [4.78, 5) is 4.56. The van der Waals surface area contributed by atoms with Crippen molar-refractivity contribution >= 4 is 11.5 Å². The van der Waals surface area contributed by atoms with Gasteiger partial charge < -0.3 is 5.32 Å². The number of benzene rings is 3. The molecule has 4 rings (SSSR count). The van der Waals surface area contributed by atoms with Crippen LogP contribution in [-0.2, 0) is 0 Å². The third-order valence-corrected chi connectivity index (χ3v) is 4.07. The summed E-state index contributed by atoms with van der Waals surface area (Å²) in [6.45, 7) is 1.84. The predicted octanol–water partition coefficient (Wildman–Crippen LogP) is 5.26. The van der Waals surface area contributed by atoms with E-state index in [1.807, 2.05) is 67.6 Å². The summed E-state index contributed by atoms with van der Waals surface area (Å²) in [5, 5.41) is 11.9. The minimum Gasteiger partial charge on any atom is -0.338 e. The standard InChI is InChI=1S/C22H18N4/c1-16-23-22(21(26-25-16)18-11-6-3-7-12-18)24-20-14-8-13-19(15-20)17-9-4-2-5-10-17/h2-15H,1H3,(H,23,24,25). The van der Waals surface area contributed by atoms with Crippen molar-refractivity contribution < 1.29 is 0 Å². The number of anilines is 2. The van der Waals surface area contributed by atoms with Crippen molar-refractivity contribution in [3.63, 3.8) is 0 Å². The van der Waals surface area contributed by atoms with Crippen molar-refractivity contribution in [2.45, 2.75) is 6.92 Å². The maximum Gasteiger partial charge on any atom is 0.161 e. The average Bonchev–Trinajstić information content (AvgIpc) is 2.70. The molecule has 0 bridgehead atoms. The lowest BCUT2D eigenvalue weighted by atomic mass is 10.1. The number of hydrogen-bond donors (Lipinski definition) is 1. The number of aromatic nitrogens is 3. The van der Waals surface area contributed by atoms with Crippen LogP contribution in [0.3, 0.4) is 0 Å². The molecule has 26 heavy (non-hydrogen) atoms. The topological polar surface area (TPSA) is 50.7 Å². The second kappa shape index (κ2) is 7.15. The minimum atomic E-state index is 0.631. The third kappa shape index (κ3) is 3.44. The molecule has 0 unspecified atom stereocenters. The number of nitrogens with one attached hydrogen (secondary N) is 1. The predicted molar refractivity (Wildman–Crippen MR) is 105 cm³/mol. The van der Waals surface area contributed by atoms with Crippen molar-refractivity contribution in [3.05, 3.63) is 90.8 Å². The lowest BCUT2D eigenvalue weighted by Gasteiger charge is -2.11. The minimum absolute atomic E-state index is 0.631. The summed E-state index contributed by atoms with van der Waals surface area (Å²) in [5.74, 6) is 1.33. The van der Waals surface area contributed by atoms with Gasteiger partial charge in [0.25, 0.3) is 0 Å². The second-order valence-electron chi connectivity index (χ2n) is 5.99. The molecule has 126 valence electrons. The first-order valence-electron chi connectivity index (χ1n) is 8.49. The monoisotopic (exact) mass is 338 g/mol. The molecule has 0 atom stereocenters. The van der Waals surface area contributed by atoms with E-state index in [0.29, 0.717) is 11.6 Å². The molecule has 0 spiro atoms. The van der Waals surface area contributed by atoms with Gasteiger partial charge in [-0.1, -0.05) is 72.8 Å². The first-order chi connectivity index (χ1) is 12.8. The molecule has 0 aliphatic heterocycles. The van der Waals surface area contributed by atoms with Gasteiger partial charge >= 0.3 is 0 Å².